The van der Waals surface area contributed by atoms with Crippen molar-refractivity contribution in [3.8, 4) is 23.2 Å². The zero-order chi connectivity index (χ0) is 15.0. The molecular formula is C14H10FN3O3. The lowest BCUT2D eigenvalue weighted by molar-refractivity contribution is 0.0690. The van der Waals surface area contributed by atoms with Crippen LogP contribution in [0.4, 0.5) is 4.39 Å². The molecule has 1 aromatic carbocycles. The Hall–Kier alpha value is -2.88. The molecule has 0 atom stereocenters. The number of ether oxygens (including phenoxy) is 1. The molecule has 0 amide bonds. The number of nitriles is 1. The van der Waals surface area contributed by atoms with Crippen LogP contribution in [0.2, 0.25) is 0 Å². The van der Waals surface area contributed by atoms with Gasteiger partial charge >= 0.3 is 5.97 Å². The number of aromatic nitrogens is 2. The van der Waals surface area contributed by atoms with E-state index in [1.165, 1.54) is 16.8 Å². The maximum absolute atomic E-state index is 14.1. The Morgan fingerprint density at radius 2 is 2.33 bits per heavy atom. The number of aromatic carboxylic acids is 1. The van der Waals surface area contributed by atoms with Crippen molar-refractivity contribution < 1.29 is 19.0 Å². The fourth-order valence-electron chi connectivity index (χ4n) is 2.29. The molecule has 1 aliphatic rings. The summed E-state index contributed by atoms with van der Waals surface area (Å²) in [5.41, 5.74) is 0.0601. The largest absolute Gasteiger partial charge is 0.477 e. The van der Waals surface area contributed by atoms with Gasteiger partial charge in [-0.05, 0) is 18.2 Å². The van der Waals surface area contributed by atoms with Crippen molar-refractivity contribution in [1.82, 2.24) is 9.78 Å². The predicted octanol–water partition coefficient (Wildman–Crippen LogP) is 2.04. The first-order valence-electron chi connectivity index (χ1n) is 6.28. The van der Waals surface area contributed by atoms with Crippen molar-refractivity contribution in [3.63, 3.8) is 0 Å². The van der Waals surface area contributed by atoms with E-state index in [-0.39, 0.29) is 28.3 Å². The van der Waals surface area contributed by atoms with Crippen LogP contribution in [0, 0.1) is 17.1 Å². The monoisotopic (exact) mass is 287 g/mol. The summed E-state index contributed by atoms with van der Waals surface area (Å²) >= 11 is 0. The first-order chi connectivity index (χ1) is 10.1. The third-order valence-corrected chi connectivity index (χ3v) is 3.23. The van der Waals surface area contributed by atoms with Crippen LogP contribution in [0.25, 0.3) is 11.3 Å². The smallest absolute Gasteiger partial charge is 0.343 e. The lowest BCUT2D eigenvalue weighted by Crippen LogP contribution is -2.16. The zero-order valence-electron chi connectivity index (χ0n) is 10.8. The number of aryl methyl sites for hydroxylation is 1. The van der Waals surface area contributed by atoms with Crippen molar-refractivity contribution in [2.75, 3.05) is 6.61 Å². The van der Waals surface area contributed by atoms with Crippen LogP contribution in [0.15, 0.2) is 18.2 Å². The number of hydrogen-bond donors (Lipinski definition) is 1. The van der Waals surface area contributed by atoms with Gasteiger partial charge in [-0.15, -0.1) is 0 Å². The molecule has 0 saturated carbocycles. The second-order valence-corrected chi connectivity index (χ2v) is 4.57. The van der Waals surface area contributed by atoms with Gasteiger partial charge in [-0.3, -0.25) is 0 Å². The highest BCUT2D eigenvalue weighted by Gasteiger charge is 2.29. The second-order valence-electron chi connectivity index (χ2n) is 4.57. The van der Waals surface area contributed by atoms with E-state index in [0.717, 1.165) is 6.07 Å². The van der Waals surface area contributed by atoms with Gasteiger partial charge in [-0.25, -0.2) is 13.9 Å². The average Bonchev–Trinajstić information content (AvgIpc) is 2.86. The Kier molecular flexibility index (Phi) is 3.06. The summed E-state index contributed by atoms with van der Waals surface area (Å²) in [4.78, 5) is 11.5. The van der Waals surface area contributed by atoms with Crippen LogP contribution < -0.4 is 4.74 Å². The normalized spacial score (nSPS) is 13.1. The van der Waals surface area contributed by atoms with Gasteiger partial charge in [0.05, 0.1) is 18.2 Å². The Balaban J connectivity index is 2.21. The zero-order valence-corrected chi connectivity index (χ0v) is 10.8. The molecule has 0 spiro atoms. The summed E-state index contributed by atoms with van der Waals surface area (Å²) in [5, 5.41) is 22.3. The van der Waals surface area contributed by atoms with Gasteiger partial charge < -0.3 is 9.84 Å². The van der Waals surface area contributed by atoms with Gasteiger partial charge in [0.1, 0.15) is 17.1 Å². The molecule has 0 saturated heterocycles. The van der Waals surface area contributed by atoms with Gasteiger partial charge in [0.15, 0.2) is 0 Å². The van der Waals surface area contributed by atoms with E-state index in [4.69, 9.17) is 10.00 Å². The van der Waals surface area contributed by atoms with E-state index in [9.17, 15) is 14.3 Å². The Morgan fingerprint density at radius 1 is 1.52 bits per heavy atom. The lowest BCUT2D eigenvalue weighted by Gasteiger charge is -2.14. The molecule has 0 fully saturated rings. The number of benzene rings is 1. The number of halogens is 1. The maximum atomic E-state index is 14.1. The number of fused-ring (bicyclic) bond motifs is 1. The lowest BCUT2D eigenvalue weighted by atomic mass is 10.1. The van der Waals surface area contributed by atoms with Crippen molar-refractivity contribution >= 4 is 5.97 Å². The van der Waals surface area contributed by atoms with Crippen LogP contribution in [-0.4, -0.2) is 27.5 Å². The molecular weight excluding hydrogens is 277 g/mol. The number of rotatable bonds is 2. The molecule has 2 heterocycles. The SMILES string of the molecule is N#Cc1ccc(-c2nn3c(c2C(=O)O)OCCC3)c(F)c1. The van der Waals surface area contributed by atoms with Gasteiger partial charge in [0.2, 0.25) is 5.88 Å². The highest BCUT2D eigenvalue weighted by molar-refractivity contribution is 5.97. The molecule has 1 N–H and O–H groups in total. The standard InChI is InChI=1S/C14H10FN3O3/c15-10-6-8(7-16)2-3-9(10)12-11(14(19)20)13-18(17-12)4-1-5-21-13/h2-3,6H,1,4-5H2,(H,19,20). The fraction of sp³-hybridized carbons (Fsp3) is 0.214. The van der Waals surface area contributed by atoms with Crippen molar-refractivity contribution in [3.05, 3.63) is 35.1 Å². The first kappa shape index (κ1) is 13.1. The third-order valence-electron chi connectivity index (χ3n) is 3.23. The molecule has 21 heavy (non-hydrogen) atoms. The molecule has 2 aromatic rings. The van der Waals surface area contributed by atoms with E-state index in [2.05, 4.69) is 5.10 Å². The molecule has 1 aliphatic heterocycles. The highest BCUT2D eigenvalue weighted by Crippen LogP contribution is 2.34. The molecule has 6 nitrogen and oxygen atoms in total. The van der Waals surface area contributed by atoms with Crippen molar-refractivity contribution in [1.29, 1.82) is 5.26 Å². The summed E-state index contributed by atoms with van der Waals surface area (Å²) in [6, 6.07) is 5.66. The summed E-state index contributed by atoms with van der Waals surface area (Å²) in [6.07, 6.45) is 0.711. The van der Waals surface area contributed by atoms with E-state index < -0.39 is 11.8 Å². The second kappa shape index (κ2) is 4.90. The topological polar surface area (TPSA) is 88.1 Å². The number of hydrogen-bond acceptors (Lipinski definition) is 4. The minimum absolute atomic E-state index is 0.0152. The van der Waals surface area contributed by atoms with Gasteiger partial charge in [-0.2, -0.15) is 10.4 Å². The molecule has 3 rings (SSSR count). The number of carboxylic acid groups (broad SMARTS) is 1. The van der Waals surface area contributed by atoms with E-state index in [1.807, 2.05) is 6.07 Å². The van der Waals surface area contributed by atoms with Crippen molar-refractivity contribution in [2.24, 2.45) is 0 Å². The fourth-order valence-corrected chi connectivity index (χ4v) is 2.29. The van der Waals surface area contributed by atoms with Crippen LogP contribution in [0.5, 0.6) is 5.88 Å². The molecule has 0 aliphatic carbocycles. The van der Waals surface area contributed by atoms with Crippen LogP contribution in [0.3, 0.4) is 0 Å². The Labute approximate surface area is 119 Å². The highest BCUT2D eigenvalue weighted by atomic mass is 19.1. The summed E-state index contributed by atoms with van der Waals surface area (Å²) in [6.45, 7) is 0.925. The van der Waals surface area contributed by atoms with E-state index in [0.29, 0.717) is 19.6 Å². The quantitative estimate of drug-likeness (QED) is 0.913. The van der Waals surface area contributed by atoms with Crippen LogP contribution >= 0.6 is 0 Å². The first-order valence-corrected chi connectivity index (χ1v) is 6.28. The predicted molar refractivity (Wildman–Crippen MR) is 69.4 cm³/mol. The number of nitrogens with zero attached hydrogens (tertiary/aromatic N) is 3. The Morgan fingerprint density at radius 3 is 3.00 bits per heavy atom. The average molecular weight is 287 g/mol. The van der Waals surface area contributed by atoms with Crippen molar-refractivity contribution in [2.45, 2.75) is 13.0 Å². The van der Waals surface area contributed by atoms with E-state index in [1.54, 1.807) is 0 Å². The molecule has 7 heteroatoms. The summed E-state index contributed by atoms with van der Waals surface area (Å²) in [5.74, 6) is -1.77. The van der Waals surface area contributed by atoms with E-state index >= 15 is 0 Å². The van der Waals surface area contributed by atoms with Crippen LogP contribution in [-0.2, 0) is 6.54 Å². The maximum Gasteiger partial charge on any atom is 0.343 e. The van der Waals surface area contributed by atoms with Gasteiger partial charge in [-0.1, -0.05) is 0 Å². The molecule has 0 unspecified atom stereocenters. The van der Waals surface area contributed by atoms with Crippen LogP contribution in [0.1, 0.15) is 22.3 Å². The summed E-state index contributed by atoms with van der Waals surface area (Å²) in [7, 11) is 0. The molecule has 0 radical (unpaired) electrons. The number of carboxylic acids is 1. The Bertz CT molecular complexity index is 777. The third kappa shape index (κ3) is 2.10. The molecule has 1 aromatic heterocycles. The summed E-state index contributed by atoms with van der Waals surface area (Å²) < 4.78 is 20.9. The van der Waals surface area contributed by atoms with Gasteiger partial charge in [0.25, 0.3) is 0 Å². The minimum atomic E-state index is -1.23. The molecule has 0 bridgehead atoms. The minimum Gasteiger partial charge on any atom is -0.477 e. The van der Waals surface area contributed by atoms with Gasteiger partial charge in [0, 0.05) is 18.5 Å². The number of carbonyl (C=O) groups is 1. The molecule has 106 valence electrons.